The molecule has 0 aromatic heterocycles. The monoisotopic (exact) mass is 380 g/mol. The third-order valence-corrected chi connectivity index (χ3v) is 4.67. The van der Waals surface area contributed by atoms with Crippen molar-refractivity contribution in [1.29, 1.82) is 0 Å². The van der Waals surface area contributed by atoms with Gasteiger partial charge in [-0.15, -0.1) is 12.4 Å². The van der Waals surface area contributed by atoms with Crippen LogP contribution in [-0.4, -0.2) is 30.5 Å². The smallest absolute Gasteiger partial charge is 0.247 e. The van der Waals surface area contributed by atoms with Crippen LogP contribution in [-0.2, 0) is 15.1 Å². The van der Waals surface area contributed by atoms with Gasteiger partial charge in [-0.05, 0) is 30.2 Å². The molecule has 4 nitrogen and oxygen atoms in total. The van der Waals surface area contributed by atoms with Crippen molar-refractivity contribution in [3.05, 3.63) is 70.7 Å². The zero-order chi connectivity index (χ0) is 17.2. The lowest BCUT2D eigenvalue weighted by molar-refractivity contribution is -0.144. The highest BCUT2D eigenvalue weighted by Gasteiger charge is 2.37. The van der Waals surface area contributed by atoms with Crippen LogP contribution < -0.4 is 5.73 Å². The van der Waals surface area contributed by atoms with E-state index in [9.17, 15) is 4.79 Å². The maximum atomic E-state index is 13.0. The van der Waals surface area contributed by atoms with Crippen LogP contribution in [0.4, 0.5) is 0 Å². The van der Waals surface area contributed by atoms with Gasteiger partial charge in [-0.3, -0.25) is 4.79 Å². The zero-order valence-corrected chi connectivity index (χ0v) is 15.6. The average molecular weight is 381 g/mol. The second-order valence-corrected chi connectivity index (χ2v) is 6.67. The number of nitrogens with zero attached hydrogens (tertiary/aromatic N) is 1. The molecular formula is C19H22Cl2N2O2. The molecule has 1 heterocycles. The molecule has 2 atom stereocenters. The van der Waals surface area contributed by atoms with Crippen molar-refractivity contribution >= 4 is 29.9 Å². The number of ether oxygens (including phenoxy) is 1. The van der Waals surface area contributed by atoms with Crippen molar-refractivity contribution in [2.24, 2.45) is 5.73 Å². The average Bonchev–Trinajstić information content (AvgIpc) is 2.62. The summed E-state index contributed by atoms with van der Waals surface area (Å²) in [6, 6.07) is 17.0. The van der Waals surface area contributed by atoms with E-state index in [0.717, 1.165) is 11.1 Å². The van der Waals surface area contributed by atoms with E-state index in [0.29, 0.717) is 24.7 Å². The van der Waals surface area contributed by atoms with Crippen molar-refractivity contribution in [3.8, 4) is 0 Å². The Bertz CT molecular complexity index is 705. The highest BCUT2D eigenvalue weighted by atomic mass is 35.5. The largest absolute Gasteiger partial charge is 0.370 e. The van der Waals surface area contributed by atoms with Crippen LogP contribution in [0.25, 0.3) is 0 Å². The van der Waals surface area contributed by atoms with Crippen molar-refractivity contribution < 1.29 is 9.53 Å². The molecule has 6 heteroatoms. The zero-order valence-electron chi connectivity index (χ0n) is 14.0. The van der Waals surface area contributed by atoms with Crippen molar-refractivity contribution in [2.45, 2.75) is 18.6 Å². The summed E-state index contributed by atoms with van der Waals surface area (Å²) in [7, 11) is 0. The first-order valence-corrected chi connectivity index (χ1v) is 8.37. The summed E-state index contributed by atoms with van der Waals surface area (Å²) < 4.78 is 5.82. The van der Waals surface area contributed by atoms with E-state index >= 15 is 0 Å². The van der Waals surface area contributed by atoms with Gasteiger partial charge in [-0.25, -0.2) is 0 Å². The number of nitrogens with two attached hydrogens (primary N) is 1. The van der Waals surface area contributed by atoms with Crippen molar-refractivity contribution in [1.82, 2.24) is 4.90 Å². The van der Waals surface area contributed by atoms with Gasteiger partial charge in [0, 0.05) is 11.6 Å². The fraction of sp³-hybridized carbons (Fsp3) is 0.316. The maximum Gasteiger partial charge on any atom is 0.247 e. The predicted octanol–water partition coefficient (Wildman–Crippen LogP) is 3.54. The molecule has 0 saturated carbocycles. The molecule has 0 spiro atoms. The Labute approximate surface area is 159 Å². The lowest BCUT2D eigenvalue weighted by atomic mass is 9.91. The van der Waals surface area contributed by atoms with Crippen molar-refractivity contribution in [3.63, 3.8) is 0 Å². The first-order valence-electron chi connectivity index (χ1n) is 7.99. The minimum Gasteiger partial charge on any atom is -0.370 e. The van der Waals surface area contributed by atoms with Gasteiger partial charge >= 0.3 is 0 Å². The molecule has 2 N–H and O–H groups in total. The number of rotatable bonds is 3. The summed E-state index contributed by atoms with van der Waals surface area (Å²) in [6.07, 6.45) is -0.161. The SMILES string of the molecule is CC(N)(C(=O)N1CCOC(c2ccc(Cl)cc2)C1)c1ccccc1.Cl. The second-order valence-electron chi connectivity index (χ2n) is 6.23. The molecule has 3 rings (SSSR count). The van der Waals surface area contributed by atoms with Crippen LogP contribution in [0.15, 0.2) is 54.6 Å². The van der Waals surface area contributed by atoms with Crippen LogP contribution in [0, 0.1) is 0 Å². The van der Waals surface area contributed by atoms with E-state index < -0.39 is 5.54 Å². The van der Waals surface area contributed by atoms with Crippen LogP contribution in [0.1, 0.15) is 24.2 Å². The minimum atomic E-state index is -1.05. The lowest BCUT2D eigenvalue weighted by Crippen LogP contribution is -2.54. The molecule has 0 aliphatic carbocycles. The highest BCUT2D eigenvalue weighted by molar-refractivity contribution is 6.30. The van der Waals surface area contributed by atoms with Crippen LogP contribution in [0.3, 0.4) is 0 Å². The molecule has 0 radical (unpaired) electrons. The topological polar surface area (TPSA) is 55.6 Å². The molecule has 0 bridgehead atoms. The number of amides is 1. The number of halogens is 2. The number of morpholine rings is 1. The van der Waals surface area contributed by atoms with Crippen LogP contribution in [0.2, 0.25) is 5.02 Å². The molecule has 1 aliphatic rings. The Morgan fingerprint density at radius 2 is 1.84 bits per heavy atom. The Morgan fingerprint density at radius 3 is 2.48 bits per heavy atom. The van der Waals surface area contributed by atoms with Gasteiger partial charge in [0.15, 0.2) is 0 Å². The third-order valence-electron chi connectivity index (χ3n) is 4.41. The van der Waals surface area contributed by atoms with E-state index in [1.807, 2.05) is 54.6 Å². The normalized spacial score (nSPS) is 19.6. The maximum absolute atomic E-state index is 13.0. The lowest BCUT2D eigenvalue weighted by Gasteiger charge is -2.37. The van der Waals surface area contributed by atoms with E-state index in [2.05, 4.69) is 0 Å². The van der Waals surface area contributed by atoms with Gasteiger partial charge in [-0.2, -0.15) is 0 Å². The molecule has 2 unspecified atom stereocenters. The molecular weight excluding hydrogens is 359 g/mol. The third kappa shape index (κ3) is 4.33. The van der Waals surface area contributed by atoms with Crippen LogP contribution in [0.5, 0.6) is 0 Å². The summed E-state index contributed by atoms with van der Waals surface area (Å²) in [4.78, 5) is 14.8. The van der Waals surface area contributed by atoms with Gasteiger partial charge in [0.25, 0.3) is 0 Å². The molecule has 25 heavy (non-hydrogen) atoms. The fourth-order valence-corrected chi connectivity index (χ4v) is 3.08. The molecule has 2 aromatic carbocycles. The summed E-state index contributed by atoms with van der Waals surface area (Å²) in [6.45, 7) is 3.28. The molecule has 1 fully saturated rings. The summed E-state index contributed by atoms with van der Waals surface area (Å²) in [5.74, 6) is -0.0871. The van der Waals surface area contributed by atoms with Gasteiger partial charge in [0.1, 0.15) is 11.6 Å². The quantitative estimate of drug-likeness (QED) is 0.885. The van der Waals surface area contributed by atoms with Crippen molar-refractivity contribution in [2.75, 3.05) is 19.7 Å². The van der Waals surface area contributed by atoms with Gasteiger partial charge in [-0.1, -0.05) is 54.1 Å². The molecule has 1 saturated heterocycles. The Morgan fingerprint density at radius 1 is 1.20 bits per heavy atom. The standard InChI is InChI=1S/C19H21ClN2O2.ClH/c1-19(21,15-5-3-2-4-6-15)18(23)22-11-12-24-17(13-22)14-7-9-16(20)10-8-14;/h2-10,17H,11-13,21H2,1H3;1H. The number of benzene rings is 2. The van der Waals surface area contributed by atoms with Gasteiger partial charge < -0.3 is 15.4 Å². The van der Waals surface area contributed by atoms with E-state index in [-0.39, 0.29) is 24.4 Å². The molecule has 134 valence electrons. The summed E-state index contributed by atoms with van der Waals surface area (Å²) in [5, 5.41) is 0.682. The predicted molar refractivity (Wildman–Crippen MR) is 102 cm³/mol. The summed E-state index contributed by atoms with van der Waals surface area (Å²) >= 11 is 5.94. The molecule has 1 amide bonds. The van der Waals surface area contributed by atoms with Crippen LogP contribution >= 0.6 is 24.0 Å². The molecule has 2 aromatic rings. The van der Waals surface area contributed by atoms with E-state index in [4.69, 9.17) is 22.1 Å². The second kappa shape index (κ2) is 8.19. The number of carbonyl (C=O) groups excluding carboxylic acids is 1. The van der Waals surface area contributed by atoms with Gasteiger partial charge in [0.2, 0.25) is 5.91 Å². The molecule has 1 aliphatic heterocycles. The first kappa shape index (κ1) is 19.7. The first-order chi connectivity index (χ1) is 11.5. The Hall–Kier alpha value is -1.59. The van der Waals surface area contributed by atoms with E-state index in [1.54, 1.807) is 11.8 Å². The minimum absolute atomic E-state index is 0. The fourth-order valence-electron chi connectivity index (χ4n) is 2.95. The number of hydrogen-bond donors (Lipinski definition) is 1. The Balaban J connectivity index is 0.00000225. The highest BCUT2D eigenvalue weighted by Crippen LogP contribution is 2.27. The Kier molecular flexibility index (Phi) is 6.47. The van der Waals surface area contributed by atoms with E-state index in [1.165, 1.54) is 0 Å². The number of carbonyl (C=O) groups is 1. The summed E-state index contributed by atoms with van der Waals surface area (Å²) in [5.41, 5.74) is 7.13. The number of hydrogen-bond acceptors (Lipinski definition) is 3. The van der Waals surface area contributed by atoms with Gasteiger partial charge in [0.05, 0.1) is 13.2 Å².